The molecule has 1 aromatic carbocycles. The van der Waals surface area contributed by atoms with Crippen LogP contribution in [0.1, 0.15) is 29.6 Å². The number of alkyl halides is 2. The van der Waals surface area contributed by atoms with E-state index in [0.717, 1.165) is 0 Å². The van der Waals surface area contributed by atoms with Gasteiger partial charge in [0.2, 0.25) is 5.92 Å². The van der Waals surface area contributed by atoms with Gasteiger partial charge in [0.25, 0.3) is 5.91 Å². The standard InChI is InChI=1S/C13H14ClF2NO2/c14-9-1-2-10(12(17)18)11(5-9)19-7-8-3-4-13(15,16)6-8/h1-2,5,8H,3-4,6-7H2,(H2,17,18). The first kappa shape index (κ1) is 14.1. The number of hydrogen-bond acceptors (Lipinski definition) is 2. The molecule has 1 amide bonds. The summed E-state index contributed by atoms with van der Waals surface area (Å²) in [6, 6.07) is 4.45. The zero-order valence-electron chi connectivity index (χ0n) is 10.2. The summed E-state index contributed by atoms with van der Waals surface area (Å²) in [4.78, 5) is 11.2. The maximum Gasteiger partial charge on any atom is 0.252 e. The molecular formula is C13H14ClF2NO2. The van der Waals surface area contributed by atoms with Crippen LogP contribution in [0.3, 0.4) is 0 Å². The molecule has 0 aromatic heterocycles. The molecule has 1 saturated carbocycles. The minimum absolute atomic E-state index is 0.112. The predicted molar refractivity (Wildman–Crippen MR) is 67.8 cm³/mol. The lowest BCUT2D eigenvalue weighted by Gasteiger charge is -2.14. The van der Waals surface area contributed by atoms with Crippen molar-refractivity contribution in [3.8, 4) is 5.75 Å². The number of rotatable bonds is 4. The summed E-state index contributed by atoms with van der Waals surface area (Å²) in [6.45, 7) is 0.135. The molecule has 19 heavy (non-hydrogen) atoms. The third-order valence-electron chi connectivity index (χ3n) is 3.19. The lowest BCUT2D eigenvalue weighted by Crippen LogP contribution is -2.17. The molecular weight excluding hydrogens is 276 g/mol. The van der Waals surface area contributed by atoms with Crippen molar-refractivity contribution in [2.45, 2.75) is 25.2 Å². The number of carbonyl (C=O) groups excluding carboxylic acids is 1. The highest BCUT2D eigenvalue weighted by Crippen LogP contribution is 2.39. The molecule has 1 atom stereocenters. The Morgan fingerprint density at radius 3 is 2.84 bits per heavy atom. The summed E-state index contributed by atoms with van der Waals surface area (Å²) in [5, 5.41) is 0.400. The van der Waals surface area contributed by atoms with Gasteiger partial charge in [0.15, 0.2) is 0 Å². The Bertz CT molecular complexity index is 494. The fraction of sp³-hybridized carbons (Fsp3) is 0.462. The van der Waals surface area contributed by atoms with Crippen molar-refractivity contribution >= 4 is 17.5 Å². The number of amides is 1. The Labute approximate surface area is 114 Å². The van der Waals surface area contributed by atoms with Crippen molar-refractivity contribution in [1.29, 1.82) is 0 Å². The van der Waals surface area contributed by atoms with E-state index in [1.54, 1.807) is 0 Å². The summed E-state index contributed by atoms with van der Waals surface area (Å²) < 4.78 is 31.5. The summed E-state index contributed by atoms with van der Waals surface area (Å²) in [7, 11) is 0. The van der Waals surface area contributed by atoms with Gasteiger partial charge in [-0.05, 0) is 30.5 Å². The third-order valence-corrected chi connectivity index (χ3v) is 3.42. The van der Waals surface area contributed by atoms with Gasteiger partial charge in [-0.15, -0.1) is 0 Å². The number of benzene rings is 1. The maximum absolute atomic E-state index is 13.0. The number of carbonyl (C=O) groups is 1. The molecule has 2 N–H and O–H groups in total. The van der Waals surface area contributed by atoms with Crippen LogP contribution in [0.5, 0.6) is 5.75 Å². The number of ether oxygens (including phenoxy) is 1. The van der Waals surface area contributed by atoms with Crippen molar-refractivity contribution in [3.05, 3.63) is 28.8 Å². The van der Waals surface area contributed by atoms with Crippen molar-refractivity contribution < 1.29 is 18.3 Å². The van der Waals surface area contributed by atoms with E-state index < -0.39 is 11.8 Å². The van der Waals surface area contributed by atoms with E-state index in [-0.39, 0.29) is 36.7 Å². The Kier molecular flexibility index (Phi) is 3.94. The zero-order valence-corrected chi connectivity index (χ0v) is 10.9. The fourth-order valence-electron chi connectivity index (χ4n) is 2.21. The lowest BCUT2D eigenvalue weighted by molar-refractivity contribution is 0.00288. The van der Waals surface area contributed by atoms with Crippen LogP contribution < -0.4 is 10.5 Å². The van der Waals surface area contributed by atoms with Crippen LogP contribution >= 0.6 is 11.6 Å². The molecule has 3 nitrogen and oxygen atoms in total. The van der Waals surface area contributed by atoms with Crippen LogP contribution in [0.4, 0.5) is 8.78 Å². The van der Waals surface area contributed by atoms with Gasteiger partial charge in [-0.3, -0.25) is 4.79 Å². The molecule has 0 radical (unpaired) electrons. The quantitative estimate of drug-likeness (QED) is 0.925. The van der Waals surface area contributed by atoms with Gasteiger partial charge in [0.05, 0.1) is 12.2 Å². The molecule has 0 saturated heterocycles. The van der Waals surface area contributed by atoms with Crippen LogP contribution in [0.15, 0.2) is 18.2 Å². The lowest BCUT2D eigenvalue weighted by atomic mass is 10.1. The van der Waals surface area contributed by atoms with Crippen LogP contribution in [0.2, 0.25) is 5.02 Å². The molecule has 1 fully saturated rings. The van der Waals surface area contributed by atoms with Gasteiger partial charge < -0.3 is 10.5 Å². The number of halogens is 3. The predicted octanol–water partition coefficient (Wildman–Crippen LogP) is 3.25. The average Bonchev–Trinajstić information content (AvgIpc) is 2.66. The van der Waals surface area contributed by atoms with Crippen molar-refractivity contribution in [2.75, 3.05) is 6.61 Å². The molecule has 0 heterocycles. The minimum Gasteiger partial charge on any atom is -0.492 e. The van der Waals surface area contributed by atoms with Gasteiger partial charge in [-0.2, -0.15) is 0 Å². The second-order valence-corrected chi connectivity index (χ2v) is 5.22. The van der Waals surface area contributed by atoms with Gasteiger partial charge in [0, 0.05) is 17.9 Å². The second kappa shape index (κ2) is 5.33. The highest BCUT2D eigenvalue weighted by molar-refractivity contribution is 6.30. The Hall–Kier alpha value is -1.36. The summed E-state index contributed by atoms with van der Waals surface area (Å²) in [6.07, 6.45) is 0.123. The molecule has 1 aliphatic rings. The van der Waals surface area contributed by atoms with E-state index in [2.05, 4.69) is 0 Å². The van der Waals surface area contributed by atoms with Gasteiger partial charge >= 0.3 is 0 Å². The number of nitrogens with two attached hydrogens (primary N) is 1. The van der Waals surface area contributed by atoms with Crippen molar-refractivity contribution in [1.82, 2.24) is 0 Å². The van der Waals surface area contributed by atoms with E-state index in [4.69, 9.17) is 22.1 Å². The fourth-order valence-corrected chi connectivity index (χ4v) is 2.37. The van der Waals surface area contributed by atoms with Crippen LogP contribution in [0.25, 0.3) is 0 Å². The van der Waals surface area contributed by atoms with Gasteiger partial charge in [0.1, 0.15) is 5.75 Å². The molecule has 104 valence electrons. The third kappa shape index (κ3) is 3.56. The van der Waals surface area contributed by atoms with Gasteiger partial charge in [-0.25, -0.2) is 8.78 Å². The monoisotopic (exact) mass is 289 g/mol. The average molecular weight is 290 g/mol. The molecule has 1 unspecified atom stereocenters. The van der Waals surface area contributed by atoms with Crippen LogP contribution in [-0.2, 0) is 0 Å². The first-order chi connectivity index (χ1) is 8.87. The van der Waals surface area contributed by atoms with Crippen molar-refractivity contribution in [3.63, 3.8) is 0 Å². The van der Waals surface area contributed by atoms with Crippen molar-refractivity contribution in [2.24, 2.45) is 11.7 Å². The first-order valence-electron chi connectivity index (χ1n) is 5.97. The topological polar surface area (TPSA) is 52.3 Å². The van der Waals surface area contributed by atoms with Crippen LogP contribution in [-0.4, -0.2) is 18.4 Å². The Balaban J connectivity index is 2.03. The smallest absolute Gasteiger partial charge is 0.252 e. The minimum atomic E-state index is -2.60. The van der Waals surface area contributed by atoms with E-state index in [0.29, 0.717) is 11.4 Å². The molecule has 1 aromatic rings. The summed E-state index contributed by atoms with van der Waals surface area (Å²) >= 11 is 5.81. The summed E-state index contributed by atoms with van der Waals surface area (Å²) in [5.74, 6) is -3.21. The molecule has 0 aliphatic heterocycles. The van der Waals surface area contributed by atoms with E-state index in [1.807, 2.05) is 0 Å². The molecule has 2 rings (SSSR count). The molecule has 0 bridgehead atoms. The van der Waals surface area contributed by atoms with Gasteiger partial charge in [-0.1, -0.05) is 11.6 Å². The van der Waals surface area contributed by atoms with E-state index >= 15 is 0 Å². The highest BCUT2D eigenvalue weighted by atomic mass is 35.5. The van der Waals surface area contributed by atoms with E-state index in [1.165, 1.54) is 18.2 Å². The number of primary amides is 1. The molecule has 6 heteroatoms. The SMILES string of the molecule is NC(=O)c1ccc(Cl)cc1OCC1CCC(F)(F)C1. The highest BCUT2D eigenvalue weighted by Gasteiger charge is 2.39. The zero-order chi connectivity index (χ0) is 14.0. The second-order valence-electron chi connectivity index (χ2n) is 4.78. The number of hydrogen-bond donors (Lipinski definition) is 1. The van der Waals surface area contributed by atoms with Crippen LogP contribution in [0, 0.1) is 5.92 Å². The Morgan fingerprint density at radius 1 is 1.53 bits per heavy atom. The largest absolute Gasteiger partial charge is 0.492 e. The molecule has 1 aliphatic carbocycles. The maximum atomic E-state index is 13.0. The Morgan fingerprint density at radius 2 is 2.26 bits per heavy atom. The normalized spacial score (nSPS) is 21.3. The first-order valence-corrected chi connectivity index (χ1v) is 6.35. The molecule has 0 spiro atoms. The van der Waals surface area contributed by atoms with E-state index in [9.17, 15) is 13.6 Å². The summed E-state index contributed by atoms with van der Waals surface area (Å²) in [5.41, 5.74) is 5.41.